The molecule has 0 saturated heterocycles. The van der Waals surface area contributed by atoms with Crippen LogP contribution in [0.4, 0.5) is 11.4 Å². The maximum atomic E-state index is 12.3. The second-order valence-electron chi connectivity index (χ2n) is 4.84. The van der Waals surface area contributed by atoms with Gasteiger partial charge in [-0.25, -0.2) is 0 Å². The Labute approximate surface area is 106 Å². The highest BCUT2D eigenvalue weighted by molar-refractivity contribution is 6.04. The highest BCUT2D eigenvalue weighted by Crippen LogP contribution is 2.41. The molecule has 5 heteroatoms. The molecule has 1 heterocycles. The van der Waals surface area contributed by atoms with Crippen LogP contribution in [0.1, 0.15) is 20.3 Å². The fourth-order valence-corrected chi connectivity index (χ4v) is 2.10. The minimum Gasteiger partial charge on any atom is -0.476 e. The summed E-state index contributed by atoms with van der Waals surface area (Å²) in [6.45, 7) is 3.93. The maximum absolute atomic E-state index is 12.3. The van der Waals surface area contributed by atoms with Gasteiger partial charge in [-0.3, -0.25) is 4.79 Å². The van der Waals surface area contributed by atoms with Gasteiger partial charge in [-0.15, -0.1) is 0 Å². The number of hydrogen-bond donors (Lipinski definition) is 2. The number of rotatable bonds is 3. The van der Waals surface area contributed by atoms with Gasteiger partial charge in [0.05, 0.1) is 5.69 Å². The lowest BCUT2D eigenvalue weighted by Crippen LogP contribution is -2.53. The van der Waals surface area contributed by atoms with Crippen molar-refractivity contribution in [2.24, 2.45) is 0 Å². The van der Waals surface area contributed by atoms with Gasteiger partial charge in [0.25, 0.3) is 5.91 Å². The Morgan fingerprint density at radius 2 is 2.17 bits per heavy atom. The number of nitrogens with two attached hydrogens (primary N) is 1. The van der Waals surface area contributed by atoms with Gasteiger partial charge in [-0.1, -0.05) is 6.07 Å². The van der Waals surface area contributed by atoms with Crippen molar-refractivity contribution >= 4 is 17.3 Å². The second-order valence-corrected chi connectivity index (χ2v) is 4.84. The molecule has 0 fully saturated rings. The molecule has 18 heavy (non-hydrogen) atoms. The monoisotopic (exact) mass is 250 g/mol. The number of carbonyl (C=O) groups is 1. The number of nitrogen functional groups attached to an aromatic ring is 1. The molecule has 98 valence electrons. The van der Waals surface area contributed by atoms with Gasteiger partial charge in [0, 0.05) is 13.2 Å². The van der Waals surface area contributed by atoms with E-state index in [1.165, 1.54) is 0 Å². The van der Waals surface area contributed by atoms with Crippen molar-refractivity contribution in [3.63, 3.8) is 0 Å². The van der Waals surface area contributed by atoms with E-state index in [0.29, 0.717) is 30.1 Å². The Morgan fingerprint density at radius 1 is 1.44 bits per heavy atom. The Bertz CT molecular complexity index is 471. The number of para-hydroxylation sites is 1. The van der Waals surface area contributed by atoms with Gasteiger partial charge in [0.15, 0.2) is 5.60 Å². The first-order chi connectivity index (χ1) is 8.47. The SMILES string of the molecule is CC1(C)Oc2cccc(N)c2N(CCCO)C1=O. The zero-order valence-corrected chi connectivity index (χ0v) is 10.6. The molecule has 1 aliphatic rings. The van der Waals surface area contributed by atoms with Crippen molar-refractivity contribution in [3.8, 4) is 5.75 Å². The van der Waals surface area contributed by atoms with Gasteiger partial charge in [0.2, 0.25) is 0 Å². The largest absolute Gasteiger partial charge is 0.476 e. The van der Waals surface area contributed by atoms with Gasteiger partial charge in [-0.05, 0) is 32.4 Å². The normalized spacial score (nSPS) is 17.3. The number of ether oxygens (including phenoxy) is 1. The van der Waals surface area contributed by atoms with Crippen molar-refractivity contribution in [2.75, 3.05) is 23.8 Å². The van der Waals surface area contributed by atoms with Crippen molar-refractivity contribution < 1.29 is 14.6 Å². The third kappa shape index (κ3) is 2.01. The number of fused-ring (bicyclic) bond motifs is 1. The second kappa shape index (κ2) is 4.49. The number of hydrogen-bond acceptors (Lipinski definition) is 4. The Hall–Kier alpha value is -1.75. The molecule has 3 N–H and O–H groups in total. The van der Waals surface area contributed by atoms with Crippen LogP contribution >= 0.6 is 0 Å². The Kier molecular flexibility index (Phi) is 3.17. The topological polar surface area (TPSA) is 75.8 Å². The fraction of sp³-hybridized carbons (Fsp3) is 0.462. The molecule has 0 atom stereocenters. The average molecular weight is 250 g/mol. The summed E-state index contributed by atoms with van der Waals surface area (Å²) in [6, 6.07) is 5.33. The van der Waals surface area contributed by atoms with Crippen LogP contribution in [0, 0.1) is 0 Å². The molecule has 1 aromatic rings. The van der Waals surface area contributed by atoms with E-state index >= 15 is 0 Å². The first-order valence-corrected chi connectivity index (χ1v) is 5.97. The van der Waals surface area contributed by atoms with E-state index < -0.39 is 5.60 Å². The summed E-state index contributed by atoms with van der Waals surface area (Å²) in [5.41, 5.74) is 6.13. The molecule has 2 rings (SSSR count). The molecule has 1 aromatic carbocycles. The minimum atomic E-state index is -0.906. The number of aliphatic hydroxyl groups is 1. The predicted octanol–water partition coefficient (Wildman–Crippen LogP) is 1.16. The number of anilines is 2. The smallest absolute Gasteiger partial charge is 0.270 e. The standard InChI is InChI=1S/C13H18N2O3/c1-13(2)12(17)15(7-4-8-16)11-9(14)5-3-6-10(11)18-13/h3,5-6,16H,4,7-8,14H2,1-2H3. The van der Waals surface area contributed by atoms with Crippen LogP contribution in [0.5, 0.6) is 5.75 Å². The molecule has 5 nitrogen and oxygen atoms in total. The van der Waals surface area contributed by atoms with E-state index in [2.05, 4.69) is 0 Å². The van der Waals surface area contributed by atoms with Gasteiger partial charge >= 0.3 is 0 Å². The lowest BCUT2D eigenvalue weighted by atomic mass is 10.0. The zero-order chi connectivity index (χ0) is 13.3. The minimum absolute atomic E-state index is 0.0349. The van der Waals surface area contributed by atoms with Gasteiger partial charge < -0.3 is 20.5 Å². The molecular weight excluding hydrogens is 232 g/mol. The van der Waals surface area contributed by atoms with Crippen LogP contribution < -0.4 is 15.4 Å². The summed E-state index contributed by atoms with van der Waals surface area (Å²) < 4.78 is 5.69. The number of carbonyl (C=O) groups excluding carboxylic acids is 1. The quantitative estimate of drug-likeness (QED) is 0.789. The summed E-state index contributed by atoms with van der Waals surface area (Å²) in [7, 11) is 0. The van der Waals surface area contributed by atoms with Crippen LogP contribution in [-0.2, 0) is 4.79 Å². The van der Waals surface area contributed by atoms with Crippen LogP contribution in [0.15, 0.2) is 18.2 Å². The summed E-state index contributed by atoms with van der Waals surface area (Å²) >= 11 is 0. The van der Waals surface area contributed by atoms with Gasteiger partial charge in [-0.2, -0.15) is 0 Å². The van der Waals surface area contributed by atoms with E-state index in [9.17, 15) is 4.79 Å². The first kappa shape index (κ1) is 12.7. The molecule has 0 saturated carbocycles. The molecule has 0 aliphatic carbocycles. The first-order valence-electron chi connectivity index (χ1n) is 5.97. The molecule has 1 amide bonds. The molecule has 1 aliphatic heterocycles. The zero-order valence-electron chi connectivity index (χ0n) is 10.6. The summed E-state index contributed by atoms with van der Waals surface area (Å²) in [5, 5.41) is 8.93. The molecule has 0 aromatic heterocycles. The van der Waals surface area contributed by atoms with E-state index in [-0.39, 0.29) is 12.5 Å². The Morgan fingerprint density at radius 3 is 2.83 bits per heavy atom. The number of aliphatic hydroxyl groups excluding tert-OH is 1. The molecule has 0 bridgehead atoms. The van der Waals surface area contributed by atoms with Crippen molar-refractivity contribution in [1.82, 2.24) is 0 Å². The van der Waals surface area contributed by atoms with Crippen LogP contribution in [0.2, 0.25) is 0 Å². The van der Waals surface area contributed by atoms with Gasteiger partial charge in [0.1, 0.15) is 11.4 Å². The molecular formula is C13H18N2O3. The number of amides is 1. The fourth-order valence-electron chi connectivity index (χ4n) is 2.10. The molecule has 0 radical (unpaired) electrons. The lowest BCUT2D eigenvalue weighted by Gasteiger charge is -2.39. The van der Waals surface area contributed by atoms with E-state index in [4.69, 9.17) is 15.6 Å². The summed E-state index contributed by atoms with van der Waals surface area (Å²) in [6.07, 6.45) is 0.510. The van der Waals surface area contributed by atoms with E-state index in [1.807, 2.05) is 0 Å². The van der Waals surface area contributed by atoms with Crippen LogP contribution in [-0.4, -0.2) is 29.8 Å². The van der Waals surface area contributed by atoms with E-state index in [0.717, 1.165) is 0 Å². The number of nitrogens with zero attached hydrogens (tertiary/aromatic N) is 1. The number of benzene rings is 1. The van der Waals surface area contributed by atoms with Crippen molar-refractivity contribution in [3.05, 3.63) is 18.2 Å². The average Bonchev–Trinajstić information content (AvgIpc) is 2.30. The highest BCUT2D eigenvalue weighted by Gasteiger charge is 2.41. The van der Waals surface area contributed by atoms with Crippen LogP contribution in [0.25, 0.3) is 0 Å². The predicted molar refractivity (Wildman–Crippen MR) is 69.6 cm³/mol. The molecule has 0 unspecified atom stereocenters. The molecule has 0 spiro atoms. The lowest BCUT2D eigenvalue weighted by molar-refractivity contribution is -0.132. The Balaban J connectivity index is 2.46. The van der Waals surface area contributed by atoms with Crippen molar-refractivity contribution in [1.29, 1.82) is 0 Å². The third-order valence-electron chi connectivity index (χ3n) is 2.97. The summed E-state index contributed by atoms with van der Waals surface area (Å²) in [5.74, 6) is 0.471. The van der Waals surface area contributed by atoms with E-state index in [1.54, 1.807) is 36.9 Å². The summed E-state index contributed by atoms with van der Waals surface area (Å²) in [4.78, 5) is 13.9. The highest BCUT2D eigenvalue weighted by atomic mass is 16.5. The third-order valence-corrected chi connectivity index (χ3v) is 2.97. The van der Waals surface area contributed by atoms with Crippen molar-refractivity contribution in [2.45, 2.75) is 25.9 Å². The van der Waals surface area contributed by atoms with Crippen LogP contribution in [0.3, 0.4) is 0 Å². The maximum Gasteiger partial charge on any atom is 0.270 e.